The maximum Gasteiger partial charge on any atom is 0.136 e. The van der Waals surface area contributed by atoms with Crippen LogP contribution in [0.15, 0.2) is 182 Å². The molecule has 6 nitrogen and oxygen atoms in total. The monoisotopic (exact) mass is 886 g/mol. The average molecular weight is 887 g/mol. The molecule has 0 aliphatic carbocycles. The molecule has 0 N–H and O–H groups in total. The van der Waals surface area contributed by atoms with E-state index in [9.17, 15) is 0 Å². The van der Waals surface area contributed by atoms with E-state index in [4.69, 9.17) is 15.0 Å². The van der Waals surface area contributed by atoms with E-state index >= 15 is 0 Å². The van der Waals surface area contributed by atoms with E-state index in [2.05, 4.69) is 136 Å². The van der Waals surface area contributed by atoms with E-state index in [0.717, 1.165) is 84.0 Å². The van der Waals surface area contributed by atoms with E-state index < -0.39 is 0 Å². The normalized spacial score (nSPS) is 12.1. The Hall–Kier alpha value is -6.62. The van der Waals surface area contributed by atoms with Crippen LogP contribution in [0.25, 0.3) is 38.8 Å². The Morgan fingerprint density at radius 1 is 0.473 bits per heavy atom. The summed E-state index contributed by atoms with van der Waals surface area (Å²) in [7, 11) is 0. The van der Waals surface area contributed by atoms with Crippen molar-refractivity contribution >= 4 is 55.7 Å². The topological polar surface area (TPSA) is 50.1 Å². The maximum atomic E-state index is 4.90. The molecule has 0 spiro atoms. The van der Waals surface area contributed by atoms with Crippen LogP contribution in [-0.2, 0) is 21.1 Å². The zero-order valence-corrected chi connectivity index (χ0v) is 31.7. The molecule has 0 bridgehead atoms. The summed E-state index contributed by atoms with van der Waals surface area (Å²) in [6.07, 6.45) is 5.49. The van der Waals surface area contributed by atoms with Gasteiger partial charge < -0.3 is 14.4 Å². The molecule has 1 aliphatic heterocycles. The molecular weight excluding hydrogens is 856 g/mol. The molecule has 0 unspecified atom stereocenters. The zero-order chi connectivity index (χ0) is 35.8. The molecule has 266 valence electrons. The number of pyridine rings is 3. The van der Waals surface area contributed by atoms with Crippen LogP contribution >= 0.6 is 0 Å². The largest absolute Gasteiger partial charge is 0.488 e. The Kier molecular flexibility index (Phi) is 9.11. The van der Waals surface area contributed by atoms with E-state index in [-0.39, 0.29) is 21.1 Å². The average Bonchev–Trinajstić information content (AvgIpc) is 3.80. The summed E-state index contributed by atoms with van der Waals surface area (Å²) in [5, 5.41) is 2.24. The van der Waals surface area contributed by atoms with Crippen LogP contribution in [0.4, 0.5) is 22.7 Å². The SMILES string of the molecule is [Pt].[c-]1c(C(=C(c2ccccn2)c2ccccn2)c2[c-]c3c(cc2)c2ccccc2n3-c2ccccn2)cccc1N1[CH-]N(c2ccccc2)c2ccccc21. The fraction of sp³-hybridized carbons (Fsp3) is 0. The van der Waals surface area contributed by atoms with Crippen molar-refractivity contribution in [1.82, 2.24) is 19.5 Å². The fourth-order valence-corrected chi connectivity index (χ4v) is 7.43. The van der Waals surface area contributed by atoms with E-state index in [0.29, 0.717) is 0 Å². The Morgan fingerprint density at radius 2 is 1.11 bits per heavy atom. The summed E-state index contributed by atoms with van der Waals surface area (Å²) < 4.78 is 2.20. The predicted molar refractivity (Wildman–Crippen MR) is 218 cm³/mol. The summed E-state index contributed by atoms with van der Waals surface area (Å²) in [5.74, 6) is 0.831. The van der Waals surface area contributed by atoms with Crippen LogP contribution in [0.2, 0.25) is 0 Å². The molecule has 55 heavy (non-hydrogen) atoms. The Balaban J connectivity index is 0.00000397. The van der Waals surface area contributed by atoms with Gasteiger partial charge in [-0.3, -0.25) is 9.97 Å². The first kappa shape index (κ1) is 34.2. The molecule has 0 atom stereocenters. The van der Waals surface area contributed by atoms with Crippen LogP contribution in [-0.4, -0.2) is 19.5 Å². The van der Waals surface area contributed by atoms with Crippen molar-refractivity contribution in [1.29, 1.82) is 0 Å². The van der Waals surface area contributed by atoms with Gasteiger partial charge in [0.2, 0.25) is 0 Å². The smallest absolute Gasteiger partial charge is 0.136 e. The molecular formula is C48H31N6Pt-3. The van der Waals surface area contributed by atoms with Crippen LogP contribution in [0.3, 0.4) is 0 Å². The van der Waals surface area contributed by atoms with Crippen molar-refractivity contribution in [2.75, 3.05) is 9.80 Å². The molecule has 5 heterocycles. The minimum absolute atomic E-state index is 0. The molecule has 0 radical (unpaired) electrons. The zero-order valence-electron chi connectivity index (χ0n) is 29.4. The summed E-state index contributed by atoms with van der Waals surface area (Å²) in [6, 6.07) is 63.8. The molecule has 4 aromatic heterocycles. The van der Waals surface area contributed by atoms with Gasteiger partial charge in [0.1, 0.15) is 5.82 Å². The van der Waals surface area contributed by atoms with Crippen LogP contribution in [0.5, 0.6) is 0 Å². The Labute approximate surface area is 334 Å². The first-order chi connectivity index (χ1) is 26.8. The summed E-state index contributed by atoms with van der Waals surface area (Å²) in [6.45, 7) is 2.14. The van der Waals surface area contributed by atoms with Gasteiger partial charge in [-0.2, -0.15) is 0 Å². The number of fused-ring (bicyclic) bond motifs is 4. The van der Waals surface area contributed by atoms with Gasteiger partial charge in [-0.05, 0) is 83.2 Å². The minimum atomic E-state index is 0. The standard InChI is InChI=1S/C48H31N6.Pt/c1-2-16-36(17-3-1)52-33-53(44-24-7-6-23-43(44)52)37-18-14-15-34(31-37)47(48(40-20-8-11-28-49-40)41-21-9-12-29-50-41)35-26-27-39-38-19-4-5-22-42(38)54(45(39)32-35)46-25-10-13-30-51-46;/h1-30,33H;/q-3;. The number of aromatic nitrogens is 4. The van der Waals surface area contributed by atoms with Gasteiger partial charge in [-0.25, -0.2) is 4.98 Å². The second-order valence-corrected chi connectivity index (χ2v) is 13.0. The number of anilines is 4. The first-order valence-electron chi connectivity index (χ1n) is 17.9. The molecule has 7 heteroatoms. The number of hydrogen-bond donors (Lipinski definition) is 0. The fourth-order valence-electron chi connectivity index (χ4n) is 7.43. The number of nitrogens with zero attached hydrogens (tertiary/aromatic N) is 6. The van der Waals surface area contributed by atoms with Crippen LogP contribution < -0.4 is 9.80 Å². The van der Waals surface area contributed by atoms with Crippen molar-refractivity contribution < 1.29 is 21.1 Å². The van der Waals surface area contributed by atoms with Gasteiger partial charge >= 0.3 is 0 Å². The second-order valence-electron chi connectivity index (χ2n) is 13.0. The van der Waals surface area contributed by atoms with E-state index in [1.54, 1.807) is 0 Å². The molecule has 0 fully saturated rings. The molecule has 0 amide bonds. The number of para-hydroxylation sites is 4. The van der Waals surface area contributed by atoms with Gasteiger partial charge in [0.15, 0.2) is 0 Å². The van der Waals surface area contributed by atoms with Gasteiger partial charge in [-0.1, -0.05) is 83.4 Å². The van der Waals surface area contributed by atoms with Crippen LogP contribution in [0.1, 0.15) is 22.5 Å². The first-order valence-corrected chi connectivity index (χ1v) is 17.9. The molecule has 0 saturated heterocycles. The Morgan fingerprint density at radius 3 is 1.82 bits per heavy atom. The maximum absolute atomic E-state index is 4.90. The van der Waals surface area contributed by atoms with E-state index in [1.807, 2.05) is 79.3 Å². The van der Waals surface area contributed by atoms with Crippen molar-refractivity contribution in [3.05, 3.63) is 224 Å². The van der Waals surface area contributed by atoms with E-state index in [1.165, 1.54) is 0 Å². The summed E-state index contributed by atoms with van der Waals surface area (Å²) >= 11 is 0. The molecule has 0 saturated carbocycles. The summed E-state index contributed by atoms with van der Waals surface area (Å²) in [4.78, 5) is 19.0. The van der Waals surface area contributed by atoms with Crippen molar-refractivity contribution in [3.63, 3.8) is 0 Å². The van der Waals surface area contributed by atoms with Crippen LogP contribution in [0, 0.1) is 18.8 Å². The van der Waals surface area contributed by atoms with Crippen molar-refractivity contribution in [2.45, 2.75) is 0 Å². The predicted octanol–water partition coefficient (Wildman–Crippen LogP) is 11.0. The quantitative estimate of drug-likeness (QED) is 0.149. The van der Waals surface area contributed by atoms with Crippen molar-refractivity contribution in [2.24, 2.45) is 0 Å². The number of rotatable bonds is 7. The van der Waals surface area contributed by atoms with Gasteiger partial charge in [0.05, 0.1) is 11.4 Å². The minimum Gasteiger partial charge on any atom is -0.488 e. The third kappa shape index (κ3) is 6.11. The van der Waals surface area contributed by atoms with Gasteiger partial charge in [0.25, 0.3) is 0 Å². The molecule has 10 rings (SSSR count). The van der Waals surface area contributed by atoms with Gasteiger partial charge in [-0.15, -0.1) is 60.3 Å². The molecule has 5 aromatic carbocycles. The Bertz CT molecular complexity index is 2760. The second kappa shape index (κ2) is 14.7. The summed E-state index contributed by atoms with van der Waals surface area (Å²) in [5.41, 5.74) is 11.3. The third-order valence-corrected chi connectivity index (χ3v) is 9.80. The molecule has 9 aromatic rings. The number of benzene rings is 5. The van der Waals surface area contributed by atoms with Gasteiger partial charge in [0, 0.05) is 62.2 Å². The van der Waals surface area contributed by atoms with Crippen molar-refractivity contribution in [3.8, 4) is 5.82 Å². The number of hydrogen-bond acceptors (Lipinski definition) is 5. The third-order valence-electron chi connectivity index (χ3n) is 9.80. The molecule has 1 aliphatic rings.